The minimum absolute atomic E-state index is 0.297. The molecular formula is C16H28ClN3O. The molecule has 1 atom stereocenters. The number of hydrogen-bond donors (Lipinski definition) is 1. The number of halogens is 1. The zero-order chi connectivity index (χ0) is 15.7. The Labute approximate surface area is 133 Å². The topological polar surface area (TPSA) is 41.3 Å². The fourth-order valence-electron chi connectivity index (χ4n) is 3.18. The van der Waals surface area contributed by atoms with Gasteiger partial charge in [0.25, 0.3) is 0 Å². The average molecular weight is 314 g/mol. The zero-order valence-corrected chi connectivity index (χ0v) is 14.4. The van der Waals surface area contributed by atoms with Crippen LogP contribution in [0.25, 0.3) is 0 Å². The molecule has 0 radical (unpaired) electrons. The number of aromatic nitrogens is 2. The van der Waals surface area contributed by atoms with Crippen molar-refractivity contribution in [3.63, 3.8) is 0 Å². The van der Waals surface area contributed by atoms with E-state index >= 15 is 0 Å². The summed E-state index contributed by atoms with van der Waals surface area (Å²) in [4.78, 5) is 2.11. The van der Waals surface area contributed by atoms with E-state index in [2.05, 4.69) is 23.8 Å². The van der Waals surface area contributed by atoms with Crippen molar-refractivity contribution in [2.45, 2.75) is 58.1 Å². The van der Waals surface area contributed by atoms with E-state index < -0.39 is 5.60 Å². The second-order valence-electron chi connectivity index (χ2n) is 7.42. The third kappa shape index (κ3) is 3.99. The Bertz CT molecular complexity index is 484. The summed E-state index contributed by atoms with van der Waals surface area (Å²) >= 11 is 6.35. The first-order chi connectivity index (χ1) is 9.73. The molecule has 1 heterocycles. The second-order valence-corrected chi connectivity index (χ2v) is 7.82. The predicted molar refractivity (Wildman–Crippen MR) is 86.6 cm³/mol. The lowest BCUT2D eigenvalue weighted by Crippen LogP contribution is -2.31. The van der Waals surface area contributed by atoms with Crippen LogP contribution in [0.1, 0.15) is 51.6 Å². The molecule has 0 amide bonds. The molecule has 1 aliphatic carbocycles. The van der Waals surface area contributed by atoms with Gasteiger partial charge in [0.05, 0.1) is 23.5 Å². The van der Waals surface area contributed by atoms with Crippen molar-refractivity contribution >= 4 is 11.6 Å². The lowest BCUT2D eigenvalue weighted by atomic mass is 9.83. The maximum atomic E-state index is 11.2. The van der Waals surface area contributed by atoms with E-state index in [1.54, 1.807) is 6.20 Å². The number of rotatable bonds is 4. The molecule has 21 heavy (non-hydrogen) atoms. The molecule has 120 valence electrons. The van der Waals surface area contributed by atoms with Crippen LogP contribution in [-0.2, 0) is 12.1 Å². The fourth-order valence-corrected chi connectivity index (χ4v) is 3.50. The molecule has 4 nitrogen and oxygen atoms in total. The molecule has 1 aliphatic rings. The van der Waals surface area contributed by atoms with Crippen molar-refractivity contribution in [1.29, 1.82) is 0 Å². The molecule has 1 saturated carbocycles. The van der Waals surface area contributed by atoms with Crippen LogP contribution >= 0.6 is 11.6 Å². The summed E-state index contributed by atoms with van der Waals surface area (Å²) in [5.74, 6) is 0. The van der Waals surface area contributed by atoms with E-state index in [4.69, 9.17) is 11.6 Å². The standard InChI is InChI=1S/C16H28ClN3O/c1-15(2)6-5-7-16(21,9-8-15)14-13(17)12-18-20(14)11-10-19(3)4/h12,21H,5-11H2,1-4H3. The highest BCUT2D eigenvalue weighted by Gasteiger charge is 2.39. The van der Waals surface area contributed by atoms with Crippen molar-refractivity contribution in [3.05, 3.63) is 16.9 Å². The summed E-state index contributed by atoms with van der Waals surface area (Å²) in [6, 6.07) is 0. The Morgan fingerprint density at radius 3 is 2.67 bits per heavy atom. The zero-order valence-electron chi connectivity index (χ0n) is 13.7. The highest BCUT2D eigenvalue weighted by molar-refractivity contribution is 6.31. The largest absolute Gasteiger partial charge is 0.384 e. The summed E-state index contributed by atoms with van der Waals surface area (Å²) in [6.45, 7) is 6.20. The fraction of sp³-hybridized carbons (Fsp3) is 0.812. The first kappa shape index (κ1) is 16.8. The van der Waals surface area contributed by atoms with Crippen molar-refractivity contribution < 1.29 is 5.11 Å². The van der Waals surface area contributed by atoms with Crippen molar-refractivity contribution in [2.24, 2.45) is 5.41 Å². The van der Waals surface area contributed by atoms with Gasteiger partial charge in [0.1, 0.15) is 5.60 Å². The van der Waals surface area contributed by atoms with Gasteiger partial charge in [0.2, 0.25) is 0 Å². The summed E-state index contributed by atoms with van der Waals surface area (Å²) < 4.78 is 1.89. The SMILES string of the molecule is CN(C)CCn1ncc(Cl)c1C1(O)CCCC(C)(C)CC1. The monoisotopic (exact) mass is 313 g/mol. The molecule has 1 unspecified atom stereocenters. The lowest BCUT2D eigenvalue weighted by Gasteiger charge is -2.29. The average Bonchev–Trinajstić information content (AvgIpc) is 2.69. The van der Waals surface area contributed by atoms with Crippen molar-refractivity contribution in [1.82, 2.24) is 14.7 Å². The highest BCUT2D eigenvalue weighted by atomic mass is 35.5. The van der Waals surface area contributed by atoms with Crippen LogP contribution < -0.4 is 0 Å². The van der Waals surface area contributed by atoms with Gasteiger partial charge in [-0.1, -0.05) is 25.4 Å². The third-order valence-electron chi connectivity index (χ3n) is 4.65. The van der Waals surface area contributed by atoms with Crippen molar-refractivity contribution in [2.75, 3.05) is 20.6 Å². The van der Waals surface area contributed by atoms with Gasteiger partial charge in [-0.15, -0.1) is 0 Å². The van der Waals surface area contributed by atoms with Gasteiger partial charge >= 0.3 is 0 Å². The second kappa shape index (κ2) is 6.27. The van der Waals surface area contributed by atoms with E-state index in [-0.39, 0.29) is 0 Å². The molecule has 2 rings (SSSR count). The van der Waals surface area contributed by atoms with Gasteiger partial charge in [-0.05, 0) is 51.6 Å². The summed E-state index contributed by atoms with van der Waals surface area (Å²) in [5, 5.41) is 16.2. The summed E-state index contributed by atoms with van der Waals surface area (Å²) in [6.07, 6.45) is 6.38. The van der Waals surface area contributed by atoms with Gasteiger partial charge in [0.15, 0.2) is 0 Å². The Morgan fingerprint density at radius 1 is 1.29 bits per heavy atom. The molecule has 0 saturated heterocycles. The number of aliphatic hydroxyl groups is 1. The third-order valence-corrected chi connectivity index (χ3v) is 4.93. The minimum Gasteiger partial charge on any atom is -0.384 e. The molecule has 1 aromatic rings. The predicted octanol–water partition coefficient (Wildman–Crippen LogP) is 3.28. The molecule has 0 aliphatic heterocycles. The van der Waals surface area contributed by atoms with Gasteiger partial charge in [0, 0.05) is 6.54 Å². The molecule has 1 fully saturated rings. The van der Waals surface area contributed by atoms with E-state index in [1.165, 1.54) is 0 Å². The first-order valence-electron chi connectivity index (χ1n) is 7.82. The molecule has 0 aromatic carbocycles. The smallest absolute Gasteiger partial charge is 0.108 e. The van der Waals surface area contributed by atoms with Crippen LogP contribution in [-0.4, -0.2) is 40.4 Å². The van der Waals surface area contributed by atoms with Gasteiger partial charge in [-0.3, -0.25) is 4.68 Å². The van der Waals surface area contributed by atoms with Crippen LogP contribution in [0.15, 0.2) is 6.20 Å². The maximum Gasteiger partial charge on any atom is 0.108 e. The Hall–Kier alpha value is -0.580. The van der Waals surface area contributed by atoms with Gasteiger partial charge in [-0.2, -0.15) is 5.10 Å². The quantitative estimate of drug-likeness (QED) is 0.867. The van der Waals surface area contributed by atoms with E-state index in [0.717, 1.165) is 50.9 Å². The Morgan fingerprint density at radius 2 is 2.00 bits per heavy atom. The van der Waals surface area contributed by atoms with Gasteiger partial charge < -0.3 is 10.0 Å². The maximum absolute atomic E-state index is 11.2. The molecule has 0 spiro atoms. The van der Waals surface area contributed by atoms with E-state index in [9.17, 15) is 5.11 Å². The Balaban J connectivity index is 2.25. The summed E-state index contributed by atoms with van der Waals surface area (Å²) in [5.41, 5.74) is 0.266. The van der Waals surface area contributed by atoms with E-state index in [0.29, 0.717) is 10.4 Å². The first-order valence-corrected chi connectivity index (χ1v) is 8.20. The Kier molecular flexibility index (Phi) is 5.01. The van der Waals surface area contributed by atoms with Crippen molar-refractivity contribution in [3.8, 4) is 0 Å². The molecule has 5 heteroatoms. The normalized spacial score (nSPS) is 26.0. The lowest BCUT2D eigenvalue weighted by molar-refractivity contribution is 0.00909. The number of likely N-dealkylation sites (N-methyl/N-ethyl adjacent to an activating group) is 1. The summed E-state index contributed by atoms with van der Waals surface area (Å²) in [7, 11) is 4.07. The molecular weight excluding hydrogens is 286 g/mol. The highest BCUT2D eigenvalue weighted by Crippen LogP contribution is 2.44. The van der Waals surface area contributed by atoms with Crippen LogP contribution in [0.3, 0.4) is 0 Å². The number of hydrogen-bond acceptors (Lipinski definition) is 3. The minimum atomic E-state index is -0.840. The molecule has 1 aromatic heterocycles. The molecule has 0 bridgehead atoms. The van der Waals surface area contributed by atoms with Crippen LogP contribution in [0, 0.1) is 5.41 Å². The van der Waals surface area contributed by atoms with Gasteiger partial charge in [-0.25, -0.2) is 0 Å². The van der Waals surface area contributed by atoms with Crippen LogP contribution in [0.5, 0.6) is 0 Å². The van der Waals surface area contributed by atoms with Crippen LogP contribution in [0.2, 0.25) is 5.02 Å². The number of nitrogens with zero attached hydrogens (tertiary/aromatic N) is 3. The van der Waals surface area contributed by atoms with E-state index in [1.807, 2.05) is 18.8 Å². The van der Waals surface area contributed by atoms with Crippen LogP contribution in [0.4, 0.5) is 0 Å². The molecule has 1 N–H and O–H groups in total.